The maximum atomic E-state index is 13.3. The Kier molecular flexibility index (Phi) is 6.39. The van der Waals surface area contributed by atoms with Crippen LogP contribution in [0.4, 0.5) is 4.39 Å². The fourth-order valence-electron chi connectivity index (χ4n) is 2.18. The highest BCUT2D eigenvalue weighted by Gasteiger charge is 2.16. The number of nitrogens with one attached hydrogen (secondary N) is 1. The van der Waals surface area contributed by atoms with E-state index in [1.54, 1.807) is 18.5 Å². The first kappa shape index (κ1) is 16.6. The molecular formula is C16H17ClFIN2. The Morgan fingerprint density at radius 3 is 2.86 bits per heavy atom. The third-order valence-electron chi connectivity index (χ3n) is 3.26. The molecule has 1 heterocycles. The molecule has 0 saturated heterocycles. The lowest BCUT2D eigenvalue weighted by atomic mass is 9.99. The number of nitrogens with zero attached hydrogens (tertiary/aromatic N) is 1. The quantitative estimate of drug-likeness (QED) is 0.684. The molecule has 0 fully saturated rings. The zero-order valence-electron chi connectivity index (χ0n) is 11.7. The van der Waals surface area contributed by atoms with Crippen LogP contribution in [-0.2, 0) is 6.42 Å². The molecule has 21 heavy (non-hydrogen) atoms. The van der Waals surface area contributed by atoms with Crippen molar-refractivity contribution >= 4 is 34.2 Å². The van der Waals surface area contributed by atoms with Gasteiger partial charge in [-0.05, 0) is 71.3 Å². The van der Waals surface area contributed by atoms with Crippen molar-refractivity contribution in [3.05, 3.63) is 62.2 Å². The number of hydrogen-bond donors (Lipinski definition) is 1. The maximum absolute atomic E-state index is 13.3. The lowest BCUT2D eigenvalue weighted by Gasteiger charge is -2.21. The molecule has 0 radical (unpaired) electrons. The van der Waals surface area contributed by atoms with E-state index in [9.17, 15) is 4.39 Å². The summed E-state index contributed by atoms with van der Waals surface area (Å²) in [4.78, 5) is 4.01. The van der Waals surface area contributed by atoms with Gasteiger partial charge in [0, 0.05) is 22.0 Å². The van der Waals surface area contributed by atoms with Crippen LogP contribution in [0.5, 0.6) is 0 Å². The zero-order valence-corrected chi connectivity index (χ0v) is 14.7. The summed E-state index contributed by atoms with van der Waals surface area (Å²) in [5.74, 6) is -0.209. The van der Waals surface area contributed by atoms with Gasteiger partial charge in [-0.1, -0.05) is 24.6 Å². The fourth-order valence-corrected chi connectivity index (χ4v) is 3.23. The first-order valence-electron chi connectivity index (χ1n) is 6.88. The van der Waals surface area contributed by atoms with Crippen LogP contribution >= 0.6 is 34.2 Å². The summed E-state index contributed by atoms with van der Waals surface area (Å²) < 4.78 is 14.2. The summed E-state index contributed by atoms with van der Waals surface area (Å²) in [6.07, 6.45) is 5.19. The number of benzene rings is 1. The zero-order chi connectivity index (χ0) is 15.2. The summed E-state index contributed by atoms with van der Waals surface area (Å²) >= 11 is 8.38. The lowest BCUT2D eigenvalue weighted by molar-refractivity contribution is 0.525. The van der Waals surface area contributed by atoms with E-state index in [1.165, 1.54) is 6.07 Å². The molecule has 1 N–H and O–H groups in total. The SMILES string of the molecule is CCCNC(Cc1ccncc1Cl)c1ccc(F)cc1I. The van der Waals surface area contributed by atoms with Crippen LogP contribution in [-0.4, -0.2) is 11.5 Å². The molecule has 2 nitrogen and oxygen atoms in total. The van der Waals surface area contributed by atoms with Gasteiger partial charge in [0.2, 0.25) is 0 Å². The molecule has 1 unspecified atom stereocenters. The molecule has 1 aromatic carbocycles. The minimum absolute atomic E-state index is 0.109. The topological polar surface area (TPSA) is 24.9 Å². The molecule has 2 rings (SSSR count). The van der Waals surface area contributed by atoms with Crippen molar-refractivity contribution in [1.29, 1.82) is 0 Å². The van der Waals surface area contributed by atoms with Crippen molar-refractivity contribution in [3.8, 4) is 0 Å². The maximum Gasteiger partial charge on any atom is 0.124 e. The van der Waals surface area contributed by atoms with Crippen LogP contribution in [0.1, 0.15) is 30.5 Å². The Hall–Kier alpha value is -0.720. The fraction of sp³-hybridized carbons (Fsp3) is 0.312. The Bertz CT molecular complexity index is 607. The summed E-state index contributed by atoms with van der Waals surface area (Å²) in [6, 6.07) is 6.95. The predicted octanol–water partition coefficient (Wildman–Crippen LogP) is 4.76. The average Bonchev–Trinajstić information content (AvgIpc) is 2.46. The van der Waals surface area contributed by atoms with Gasteiger partial charge in [-0.25, -0.2) is 4.39 Å². The molecule has 0 aliphatic carbocycles. The monoisotopic (exact) mass is 418 g/mol. The summed E-state index contributed by atoms with van der Waals surface area (Å²) in [6.45, 7) is 3.03. The second-order valence-corrected chi connectivity index (χ2v) is 6.41. The number of rotatable bonds is 6. The normalized spacial score (nSPS) is 12.4. The van der Waals surface area contributed by atoms with Gasteiger partial charge < -0.3 is 5.32 Å². The van der Waals surface area contributed by atoms with Crippen molar-refractivity contribution in [2.45, 2.75) is 25.8 Å². The van der Waals surface area contributed by atoms with Crippen molar-refractivity contribution in [2.24, 2.45) is 0 Å². The second kappa shape index (κ2) is 8.06. The van der Waals surface area contributed by atoms with Crippen LogP contribution < -0.4 is 5.32 Å². The molecule has 0 aliphatic rings. The molecule has 2 aromatic rings. The van der Waals surface area contributed by atoms with Crippen molar-refractivity contribution in [3.63, 3.8) is 0 Å². The third kappa shape index (κ3) is 4.63. The van der Waals surface area contributed by atoms with Crippen molar-refractivity contribution < 1.29 is 4.39 Å². The Balaban J connectivity index is 2.27. The highest BCUT2D eigenvalue weighted by molar-refractivity contribution is 14.1. The molecule has 5 heteroatoms. The third-order valence-corrected chi connectivity index (χ3v) is 4.53. The molecule has 112 valence electrons. The van der Waals surface area contributed by atoms with Gasteiger partial charge in [-0.15, -0.1) is 0 Å². The van der Waals surface area contributed by atoms with Gasteiger partial charge in [0.1, 0.15) is 5.82 Å². The van der Waals surface area contributed by atoms with E-state index in [4.69, 9.17) is 11.6 Å². The average molecular weight is 419 g/mol. The standard InChI is InChI=1S/C16H17ClFIN2/c1-2-6-21-16(8-11-5-7-20-10-14(11)17)13-4-3-12(18)9-15(13)19/h3-5,7,9-10,16,21H,2,6,8H2,1H3. The molecule has 0 amide bonds. The summed E-state index contributed by atoms with van der Waals surface area (Å²) in [7, 11) is 0. The molecule has 0 bridgehead atoms. The molecule has 1 aromatic heterocycles. The first-order chi connectivity index (χ1) is 10.1. The van der Waals surface area contributed by atoms with Crippen LogP contribution in [0.15, 0.2) is 36.7 Å². The second-order valence-electron chi connectivity index (χ2n) is 4.84. The van der Waals surface area contributed by atoms with Gasteiger partial charge in [0.25, 0.3) is 0 Å². The van der Waals surface area contributed by atoms with Gasteiger partial charge in [0.15, 0.2) is 0 Å². The lowest BCUT2D eigenvalue weighted by Crippen LogP contribution is -2.25. The van der Waals surface area contributed by atoms with Gasteiger partial charge >= 0.3 is 0 Å². The van der Waals surface area contributed by atoms with Crippen LogP contribution in [0, 0.1) is 9.39 Å². The summed E-state index contributed by atoms with van der Waals surface area (Å²) in [5, 5.41) is 4.18. The van der Waals surface area contributed by atoms with Gasteiger partial charge in [0.05, 0.1) is 5.02 Å². The van der Waals surface area contributed by atoms with Crippen molar-refractivity contribution in [2.75, 3.05) is 6.54 Å². The number of hydrogen-bond acceptors (Lipinski definition) is 2. The smallest absolute Gasteiger partial charge is 0.124 e. The van der Waals surface area contributed by atoms with Crippen LogP contribution in [0.3, 0.4) is 0 Å². The highest BCUT2D eigenvalue weighted by atomic mass is 127. The van der Waals surface area contributed by atoms with Crippen LogP contribution in [0.2, 0.25) is 5.02 Å². The number of halogens is 3. The first-order valence-corrected chi connectivity index (χ1v) is 8.34. The van der Waals surface area contributed by atoms with Crippen LogP contribution in [0.25, 0.3) is 0 Å². The molecule has 1 atom stereocenters. The van der Waals surface area contributed by atoms with Crippen molar-refractivity contribution in [1.82, 2.24) is 10.3 Å². The number of aromatic nitrogens is 1. The van der Waals surface area contributed by atoms with E-state index in [0.717, 1.165) is 34.1 Å². The van der Waals surface area contributed by atoms with E-state index in [-0.39, 0.29) is 11.9 Å². The van der Waals surface area contributed by atoms with E-state index in [1.807, 2.05) is 12.1 Å². The van der Waals surface area contributed by atoms with E-state index >= 15 is 0 Å². The number of pyridine rings is 1. The highest BCUT2D eigenvalue weighted by Crippen LogP contribution is 2.26. The Morgan fingerprint density at radius 2 is 2.19 bits per heavy atom. The van der Waals surface area contributed by atoms with E-state index in [2.05, 4.69) is 39.8 Å². The Morgan fingerprint density at radius 1 is 1.38 bits per heavy atom. The largest absolute Gasteiger partial charge is 0.310 e. The Labute approximate surface area is 143 Å². The molecular weight excluding hydrogens is 402 g/mol. The minimum Gasteiger partial charge on any atom is -0.310 e. The summed E-state index contributed by atoms with van der Waals surface area (Å²) in [5.41, 5.74) is 2.14. The van der Waals surface area contributed by atoms with Gasteiger partial charge in [-0.2, -0.15) is 0 Å². The van der Waals surface area contributed by atoms with E-state index in [0.29, 0.717) is 5.02 Å². The molecule has 0 aliphatic heterocycles. The molecule has 0 saturated carbocycles. The van der Waals surface area contributed by atoms with E-state index < -0.39 is 0 Å². The predicted molar refractivity (Wildman–Crippen MR) is 93.1 cm³/mol. The molecule has 0 spiro atoms. The minimum atomic E-state index is -0.209. The van der Waals surface area contributed by atoms with Gasteiger partial charge in [-0.3, -0.25) is 4.98 Å².